The van der Waals surface area contributed by atoms with Crippen LogP contribution in [0.4, 0.5) is 17.2 Å². The Morgan fingerprint density at radius 2 is 1.81 bits per heavy atom. The van der Waals surface area contributed by atoms with Gasteiger partial charge in [-0.15, -0.1) is 10.2 Å². The number of hydrogen-bond acceptors (Lipinski definition) is 5. The van der Waals surface area contributed by atoms with E-state index in [1.54, 1.807) is 6.33 Å². The van der Waals surface area contributed by atoms with Crippen molar-refractivity contribution in [3.05, 3.63) is 78.1 Å². The van der Waals surface area contributed by atoms with Gasteiger partial charge in [-0.3, -0.25) is 9.20 Å². The van der Waals surface area contributed by atoms with Gasteiger partial charge < -0.3 is 9.80 Å². The minimum Gasteiger partial charge on any atom is -0.329 e. The van der Waals surface area contributed by atoms with E-state index in [4.69, 9.17) is 16.6 Å². The second-order valence-corrected chi connectivity index (χ2v) is 10.5. The van der Waals surface area contributed by atoms with Gasteiger partial charge in [-0.2, -0.15) is 4.98 Å². The van der Waals surface area contributed by atoms with Crippen LogP contribution >= 0.6 is 11.6 Å². The van der Waals surface area contributed by atoms with Crippen molar-refractivity contribution < 1.29 is 4.79 Å². The van der Waals surface area contributed by atoms with Crippen LogP contribution < -0.4 is 9.80 Å². The minimum absolute atomic E-state index is 0.00762. The molecule has 8 heteroatoms. The molecular formula is C28H25ClN6O. The normalized spacial score (nSPS) is 15.2. The van der Waals surface area contributed by atoms with Gasteiger partial charge in [-0.1, -0.05) is 49.7 Å². The molecule has 36 heavy (non-hydrogen) atoms. The number of amides is 1. The summed E-state index contributed by atoms with van der Waals surface area (Å²) in [4.78, 5) is 21.2. The van der Waals surface area contributed by atoms with Gasteiger partial charge in [-0.05, 0) is 59.0 Å². The van der Waals surface area contributed by atoms with Crippen LogP contribution in [0, 0.1) is 5.41 Å². The molecule has 1 aliphatic heterocycles. The standard InChI is InChI=1S/C28H25ClN6O/c1-28(2)15-25(36)34(16-28)21-10-7-18(8-11-21)19-5-4-6-22(13-19)33(3)26-23-12-9-20(29)14-24(23)35-17-30-32-27(35)31-26/h4-14,17H,15-16H2,1-3H3. The van der Waals surface area contributed by atoms with E-state index in [0.717, 1.165) is 45.8 Å². The van der Waals surface area contributed by atoms with Gasteiger partial charge in [0.05, 0.1) is 5.52 Å². The predicted molar refractivity (Wildman–Crippen MR) is 144 cm³/mol. The second-order valence-electron chi connectivity index (χ2n) is 10.1. The highest BCUT2D eigenvalue weighted by Crippen LogP contribution is 2.36. The average molecular weight is 497 g/mol. The smallest absolute Gasteiger partial charge is 0.257 e. The van der Waals surface area contributed by atoms with Crippen molar-refractivity contribution in [2.45, 2.75) is 20.3 Å². The number of carbonyl (C=O) groups excluding carboxylic acids is 1. The molecule has 1 saturated heterocycles. The van der Waals surface area contributed by atoms with Crippen molar-refractivity contribution in [1.82, 2.24) is 19.6 Å². The maximum atomic E-state index is 12.5. The molecule has 0 bridgehead atoms. The Balaban J connectivity index is 1.35. The Kier molecular flexibility index (Phi) is 5.19. The number of benzene rings is 3. The van der Waals surface area contributed by atoms with Gasteiger partial charge in [0.25, 0.3) is 5.78 Å². The maximum Gasteiger partial charge on any atom is 0.257 e. The molecule has 0 aliphatic carbocycles. The lowest BCUT2D eigenvalue weighted by Crippen LogP contribution is -2.25. The first-order chi connectivity index (χ1) is 17.3. The zero-order valence-corrected chi connectivity index (χ0v) is 21.1. The fraction of sp³-hybridized carbons (Fsp3) is 0.214. The molecule has 0 atom stereocenters. The molecule has 0 spiro atoms. The summed E-state index contributed by atoms with van der Waals surface area (Å²) >= 11 is 6.29. The molecule has 0 unspecified atom stereocenters. The molecule has 6 rings (SSSR count). The highest BCUT2D eigenvalue weighted by atomic mass is 35.5. The summed E-state index contributed by atoms with van der Waals surface area (Å²) in [6.07, 6.45) is 2.23. The molecule has 0 radical (unpaired) electrons. The fourth-order valence-corrected chi connectivity index (χ4v) is 5.11. The van der Waals surface area contributed by atoms with Crippen molar-refractivity contribution in [2.75, 3.05) is 23.4 Å². The van der Waals surface area contributed by atoms with Gasteiger partial charge >= 0.3 is 0 Å². The summed E-state index contributed by atoms with van der Waals surface area (Å²) < 4.78 is 1.84. The first kappa shape index (κ1) is 22.5. The third-order valence-corrected chi connectivity index (χ3v) is 7.01. The Morgan fingerprint density at radius 1 is 1.00 bits per heavy atom. The summed E-state index contributed by atoms with van der Waals surface area (Å²) in [7, 11) is 1.99. The molecule has 1 aliphatic rings. The van der Waals surface area contributed by atoms with Gasteiger partial charge in [0.2, 0.25) is 5.91 Å². The van der Waals surface area contributed by atoms with Crippen LogP contribution in [-0.4, -0.2) is 39.1 Å². The molecule has 0 N–H and O–H groups in total. The summed E-state index contributed by atoms with van der Waals surface area (Å²) in [6, 6.07) is 22.3. The third-order valence-electron chi connectivity index (χ3n) is 6.78. The number of halogens is 1. The number of hydrogen-bond donors (Lipinski definition) is 0. The zero-order chi connectivity index (χ0) is 25.0. The summed E-state index contributed by atoms with van der Waals surface area (Å²) in [5.41, 5.74) is 4.99. The molecule has 5 aromatic rings. The minimum atomic E-state index is 0.00762. The first-order valence-electron chi connectivity index (χ1n) is 11.8. The van der Waals surface area contributed by atoms with Gasteiger partial charge in [0.15, 0.2) is 0 Å². The quantitative estimate of drug-likeness (QED) is 0.299. The van der Waals surface area contributed by atoms with E-state index in [-0.39, 0.29) is 11.3 Å². The average Bonchev–Trinajstić information content (AvgIpc) is 3.46. The van der Waals surface area contributed by atoms with Crippen LogP contribution in [0.3, 0.4) is 0 Å². The van der Waals surface area contributed by atoms with Crippen molar-refractivity contribution in [2.24, 2.45) is 5.41 Å². The molecule has 7 nitrogen and oxygen atoms in total. The lowest BCUT2D eigenvalue weighted by molar-refractivity contribution is -0.117. The van der Waals surface area contributed by atoms with Crippen LogP contribution in [0.5, 0.6) is 0 Å². The van der Waals surface area contributed by atoms with E-state index >= 15 is 0 Å². The highest BCUT2D eigenvalue weighted by molar-refractivity contribution is 6.31. The molecule has 0 saturated carbocycles. The molecule has 1 amide bonds. The van der Waals surface area contributed by atoms with Crippen LogP contribution in [-0.2, 0) is 4.79 Å². The van der Waals surface area contributed by atoms with E-state index in [0.29, 0.717) is 17.2 Å². The Labute approximate surface area is 214 Å². The molecule has 2 aromatic heterocycles. The summed E-state index contributed by atoms with van der Waals surface area (Å²) in [6.45, 7) is 5.01. The van der Waals surface area contributed by atoms with Crippen molar-refractivity contribution in [1.29, 1.82) is 0 Å². The number of carbonyl (C=O) groups is 1. The number of anilines is 3. The van der Waals surface area contributed by atoms with Gasteiger partial charge in [0.1, 0.15) is 12.1 Å². The maximum absolute atomic E-state index is 12.5. The fourth-order valence-electron chi connectivity index (χ4n) is 4.94. The van der Waals surface area contributed by atoms with E-state index in [1.807, 2.05) is 57.6 Å². The Morgan fingerprint density at radius 3 is 2.56 bits per heavy atom. The van der Waals surface area contributed by atoms with Crippen LogP contribution in [0.2, 0.25) is 5.02 Å². The second kappa shape index (κ2) is 8.31. The Bertz CT molecular complexity index is 1630. The molecule has 1 fully saturated rings. The van der Waals surface area contributed by atoms with Crippen molar-refractivity contribution in [3.8, 4) is 11.1 Å². The molecular weight excluding hydrogens is 472 g/mol. The van der Waals surface area contributed by atoms with E-state index in [1.165, 1.54) is 0 Å². The van der Waals surface area contributed by atoms with E-state index < -0.39 is 0 Å². The van der Waals surface area contributed by atoms with Crippen LogP contribution in [0.25, 0.3) is 27.8 Å². The van der Waals surface area contributed by atoms with Crippen molar-refractivity contribution in [3.63, 3.8) is 0 Å². The Hall–Kier alpha value is -3.97. The SMILES string of the molecule is CN(c1cccc(-c2ccc(N3CC(C)(C)CC3=O)cc2)c1)c1nc2nncn2c2cc(Cl)ccc12. The summed E-state index contributed by atoms with van der Waals surface area (Å²) in [5, 5.41) is 9.77. The number of rotatable bonds is 4. The van der Waals surface area contributed by atoms with E-state index in [2.05, 4.69) is 54.4 Å². The lowest BCUT2D eigenvalue weighted by atomic mass is 9.93. The number of aromatic nitrogens is 4. The van der Waals surface area contributed by atoms with Crippen LogP contribution in [0.15, 0.2) is 73.1 Å². The topological polar surface area (TPSA) is 66.6 Å². The predicted octanol–water partition coefficient (Wildman–Crippen LogP) is 6.13. The third kappa shape index (κ3) is 3.85. The van der Waals surface area contributed by atoms with Crippen LogP contribution in [0.1, 0.15) is 20.3 Å². The number of nitrogens with zero attached hydrogens (tertiary/aromatic N) is 6. The first-order valence-corrected chi connectivity index (χ1v) is 12.2. The van der Waals surface area contributed by atoms with Gasteiger partial charge in [-0.25, -0.2) is 0 Å². The zero-order valence-electron chi connectivity index (χ0n) is 20.3. The molecule has 180 valence electrons. The highest BCUT2D eigenvalue weighted by Gasteiger charge is 2.36. The monoisotopic (exact) mass is 496 g/mol. The molecule has 3 heterocycles. The lowest BCUT2D eigenvalue weighted by Gasteiger charge is -2.22. The number of fused-ring (bicyclic) bond motifs is 3. The summed E-state index contributed by atoms with van der Waals surface area (Å²) in [5.74, 6) is 1.46. The van der Waals surface area contributed by atoms with Gasteiger partial charge in [0, 0.05) is 41.8 Å². The molecule has 3 aromatic carbocycles. The largest absolute Gasteiger partial charge is 0.329 e. The van der Waals surface area contributed by atoms with Crippen molar-refractivity contribution >= 4 is 51.4 Å². The van der Waals surface area contributed by atoms with E-state index in [9.17, 15) is 4.79 Å².